The second-order valence-corrected chi connectivity index (χ2v) is 6.16. The predicted molar refractivity (Wildman–Crippen MR) is 82.7 cm³/mol. The molecule has 0 spiro atoms. The Morgan fingerprint density at radius 2 is 1.76 bits per heavy atom. The molecule has 0 aliphatic carbocycles. The van der Waals surface area contributed by atoms with E-state index in [4.69, 9.17) is 16.7 Å². The zero-order valence-electron chi connectivity index (χ0n) is 10.9. The number of sulfonamides is 1. The second kappa shape index (κ2) is 6.64. The molecule has 0 aliphatic rings. The van der Waals surface area contributed by atoms with E-state index in [2.05, 4.69) is 16.6 Å². The van der Waals surface area contributed by atoms with Crippen molar-refractivity contribution >= 4 is 27.3 Å². The monoisotopic (exact) mass is 321 g/mol. The normalized spacial score (nSPS) is 10.6. The third-order valence-electron chi connectivity index (χ3n) is 2.58. The summed E-state index contributed by atoms with van der Waals surface area (Å²) >= 11 is 5.76. The highest BCUT2D eigenvalue weighted by Crippen LogP contribution is 2.20. The smallest absolute Gasteiger partial charge is 0.263 e. The van der Waals surface area contributed by atoms with Crippen molar-refractivity contribution in [1.82, 2.24) is 0 Å². The van der Waals surface area contributed by atoms with E-state index in [1.165, 1.54) is 6.07 Å². The van der Waals surface area contributed by atoms with Crippen molar-refractivity contribution in [3.8, 4) is 11.8 Å². The van der Waals surface area contributed by atoms with Gasteiger partial charge in [0, 0.05) is 16.3 Å². The van der Waals surface area contributed by atoms with Crippen LogP contribution in [-0.4, -0.2) is 20.1 Å². The van der Waals surface area contributed by atoms with Gasteiger partial charge < -0.3 is 5.11 Å². The Morgan fingerprint density at radius 1 is 1.10 bits per heavy atom. The Morgan fingerprint density at radius 3 is 2.43 bits per heavy atom. The summed E-state index contributed by atoms with van der Waals surface area (Å²) in [5.74, 6) is 5.07. The first-order valence-electron chi connectivity index (χ1n) is 6.00. The minimum Gasteiger partial charge on any atom is -0.384 e. The van der Waals surface area contributed by atoms with Crippen LogP contribution in [0, 0.1) is 11.8 Å². The van der Waals surface area contributed by atoms with E-state index >= 15 is 0 Å². The quantitative estimate of drug-likeness (QED) is 0.854. The van der Waals surface area contributed by atoms with Gasteiger partial charge in [-0.1, -0.05) is 35.6 Å². The van der Waals surface area contributed by atoms with Crippen molar-refractivity contribution < 1.29 is 13.5 Å². The molecule has 2 aromatic rings. The summed E-state index contributed by atoms with van der Waals surface area (Å²) in [6, 6.07) is 12.7. The summed E-state index contributed by atoms with van der Waals surface area (Å²) in [6.07, 6.45) is 0. The van der Waals surface area contributed by atoms with E-state index in [0.29, 0.717) is 16.3 Å². The van der Waals surface area contributed by atoms with Gasteiger partial charge in [-0.25, -0.2) is 8.42 Å². The number of rotatable bonds is 3. The molecule has 0 unspecified atom stereocenters. The fourth-order valence-corrected chi connectivity index (χ4v) is 3.02. The molecular weight excluding hydrogens is 310 g/mol. The largest absolute Gasteiger partial charge is 0.384 e. The van der Waals surface area contributed by atoms with E-state index < -0.39 is 10.0 Å². The number of aliphatic hydroxyl groups excluding tert-OH is 1. The first kappa shape index (κ1) is 15.4. The second-order valence-electron chi connectivity index (χ2n) is 4.07. The zero-order valence-corrected chi connectivity index (χ0v) is 12.4. The minimum atomic E-state index is -3.76. The van der Waals surface area contributed by atoms with Crippen LogP contribution in [0.2, 0.25) is 5.02 Å². The van der Waals surface area contributed by atoms with E-state index in [-0.39, 0.29) is 11.5 Å². The first-order chi connectivity index (χ1) is 10.0. The Kier molecular flexibility index (Phi) is 4.86. The van der Waals surface area contributed by atoms with E-state index in [1.54, 1.807) is 42.5 Å². The van der Waals surface area contributed by atoms with Crippen LogP contribution in [0.4, 0.5) is 5.69 Å². The van der Waals surface area contributed by atoms with E-state index in [9.17, 15) is 8.42 Å². The van der Waals surface area contributed by atoms with Crippen LogP contribution < -0.4 is 4.72 Å². The van der Waals surface area contributed by atoms with Crippen molar-refractivity contribution in [2.75, 3.05) is 11.3 Å². The van der Waals surface area contributed by atoms with Gasteiger partial charge in [0.1, 0.15) is 11.5 Å². The highest BCUT2D eigenvalue weighted by molar-refractivity contribution is 7.92. The van der Waals surface area contributed by atoms with Gasteiger partial charge in [0.2, 0.25) is 0 Å². The lowest BCUT2D eigenvalue weighted by Crippen LogP contribution is -2.14. The Labute approximate surface area is 128 Å². The molecule has 6 heteroatoms. The van der Waals surface area contributed by atoms with Gasteiger partial charge in [0.25, 0.3) is 10.0 Å². The molecule has 0 aromatic heterocycles. The number of anilines is 1. The van der Waals surface area contributed by atoms with Gasteiger partial charge in [-0.05, 0) is 36.4 Å². The lowest BCUT2D eigenvalue weighted by Gasteiger charge is -2.09. The molecule has 0 radical (unpaired) electrons. The summed E-state index contributed by atoms with van der Waals surface area (Å²) in [5, 5.41) is 9.25. The first-order valence-corrected chi connectivity index (χ1v) is 7.86. The highest BCUT2D eigenvalue weighted by atomic mass is 35.5. The van der Waals surface area contributed by atoms with Crippen LogP contribution in [0.15, 0.2) is 53.4 Å². The molecule has 4 nitrogen and oxygen atoms in total. The van der Waals surface area contributed by atoms with Crippen molar-refractivity contribution in [2.45, 2.75) is 4.90 Å². The van der Waals surface area contributed by atoms with Crippen molar-refractivity contribution in [2.24, 2.45) is 0 Å². The van der Waals surface area contributed by atoms with Gasteiger partial charge in [0.05, 0.1) is 0 Å². The number of hydrogen-bond acceptors (Lipinski definition) is 3. The lowest BCUT2D eigenvalue weighted by molar-refractivity contribution is 0.350. The fraction of sp³-hybridized carbons (Fsp3) is 0.0667. The van der Waals surface area contributed by atoms with Crippen molar-refractivity contribution in [3.05, 3.63) is 59.1 Å². The summed E-state index contributed by atoms with van der Waals surface area (Å²) in [5.41, 5.74) is 0.734. The number of hydrogen-bond donors (Lipinski definition) is 2. The van der Waals surface area contributed by atoms with Gasteiger partial charge in [0.15, 0.2) is 0 Å². The maximum absolute atomic E-state index is 12.4. The average Bonchev–Trinajstić information content (AvgIpc) is 2.47. The van der Waals surface area contributed by atoms with Gasteiger partial charge in [-0.3, -0.25) is 4.72 Å². The summed E-state index contributed by atoms with van der Waals surface area (Å²) in [6.45, 7) is -0.334. The van der Waals surface area contributed by atoms with Crippen LogP contribution >= 0.6 is 11.6 Å². The van der Waals surface area contributed by atoms with Crippen molar-refractivity contribution in [1.29, 1.82) is 0 Å². The highest BCUT2D eigenvalue weighted by Gasteiger charge is 2.17. The summed E-state index contributed by atoms with van der Waals surface area (Å²) in [4.78, 5) is 0.0564. The average molecular weight is 322 g/mol. The maximum Gasteiger partial charge on any atom is 0.263 e. The zero-order chi connectivity index (χ0) is 15.3. The molecule has 0 atom stereocenters. The number of benzene rings is 2. The van der Waals surface area contributed by atoms with Gasteiger partial charge >= 0.3 is 0 Å². The molecule has 0 aliphatic heterocycles. The van der Waals surface area contributed by atoms with Crippen LogP contribution in [0.25, 0.3) is 0 Å². The SMILES string of the molecule is O=S(=O)(Nc1ccc(Cl)cc1)c1ccccc1C#CCO. The third kappa shape index (κ3) is 3.99. The Hall–Kier alpha value is -2.00. The summed E-state index contributed by atoms with van der Waals surface area (Å²) < 4.78 is 27.3. The third-order valence-corrected chi connectivity index (χ3v) is 4.27. The molecule has 0 fully saturated rings. The number of halogens is 1. The molecule has 0 amide bonds. The maximum atomic E-state index is 12.4. The van der Waals surface area contributed by atoms with Gasteiger partial charge in [-0.2, -0.15) is 0 Å². The lowest BCUT2D eigenvalue weighted by atomic mass is 10.2. The molecule has 2 aromatic carbocycles. The molecule has 0 heterocycles. The number of aliphatic hydroxyl groups is 1. The Bertz CT molecular complexity index is 790. The van der Waals surface area contributed by atoms with E-state index in [1.807, 2.05) is 0 Å². The van der Waals surface area contributed by atoms with Crippen LogP contribution in [0.1, 0.15) is 5.56 Å². The standard InChI is InChI=1S/C15H12ClNO3S/c16-13-7-9-14(10-8-13)17-21(19,20)15-6-2-1-4-12(15)5-3-11-18/h1-2,4,6-10,17-18H,11H2. The Balaban J connectivity index is 2.38. The topological polar surface area (TPSA) is 66.4 Å². The predicted octanol–water partition coefficient (Wildman–Crippen LogP) is 2.48. The van der Waals surface area contributed by atoms with Crippen molar-refractivity contribution in [3.63, 3.8) is 0 Å². The summed E-state index contributed by atoms with van der Waals surface area (Å²) in [7, 11) is -3.76. The van der Waals surface area contributed by atoms with Gasteiger partial charge in [-0.15, -0.1) is 0 Å². The molecule has 0 saturated heterocycles. The van der Waals surface area contributed by atoms with Crippen LogP contribution in [0.5, 0.6) is 0 Å². The molecular formula is C15H12ClNO3S. The van der Waals surface area contributed by atoms with E-state index in [0.717, 1.165) is 0 Å². The molecule has 21 heavy (non-hydrogen) atoms. The minimum absolute atomic E-state index is 0.0564. The fourth-order valence-electron chi connectivity index (χ4n) is 1.67. The molecule has 0 saturated carbocycles. The molecule has 108 valence electrons. The molecule has 0 bridgehead atoms. The van der Waals surface area contributed by atoms with Crippen LogP contribution in [-0.2, 0) is 10.0 Å². The molecule has 2 rings (SSSR count). The number of nitrogens with one attached hydrogen (secondary N) is 1. The van der Waals surface area contributed by atoms with Crippen LogP contribution in [0.3, 0.4) is 0 Å². The molecule has 2 N–H and O–H groups in total.